The molecule has 4 aromatic rings. The maximum atomic E-state index is 12.8. The van der Waals surface area contributed by atoms with Crippen LogP contribution in [0.25, 0.3) is 27.2 Å². The van der Waals surface area contributed by atoms with Gasteiger partial charge in [-0.1, -0.05) is 11.3 Å². The van der Waals surface area contributed by atoms with Crippen molar-refractivity contribution in [3.63, 3.8) is 0 Å². The highest BCUT2D eigenvalue weighted by atomic mass is 32.2. The van der Waals surface area contributed by atoms with Crippen molar-refractivity contribution in [2.45, 2.75) is 24.8 Å². The number of aliphatic hydroxyl groups is 1. The first-order valence-corrected chi connectivity index (χ1v) is 12.7. The summed E-state index contributed by atoms with van der Waals surface area (Å²) in [7, 11) is -0.749. The molecule has 4 rings (SSSR count). The zero-order chi connectivity index (χ0) is 24.6. The van der Waals surface area contributed by atoms with E-state index >= 15 is 0 Å². The molecule has 11 nitrogen and oxygen atoms in total. The van der Waals surface area contributed by atoms with Gasteiger partial charge in [0.05, 0.1) is 17.9 Å². The molecule has 0 aliphatic heterocycles. The zero-order valence-electron chi connectivity index (χ0n) is 19.1. The summed E-state index contributed by atoms with van der Waals surface area (Å²) < 4.78 is 34.9. The SMILES string of the molecule is CCN(CC)c1ccc2cc(-c3nc4sc(S(=O)(=O)/N=C/N(C)C)nn4c3CO)c(=O)oc2c1. The minimum Gasteiger partial charge on any atom is -0.422 e. The molecule has 3 heterocycles. The van der Waals surface area contributed by atoms with E-state index in [0.717, 1.165) is 36.5 Å². The number of aromatic nitrogens is 3. The molecule has 3 aromatic heterocycles. The maximum absolute atomic E-state index is 12.8. The molecular weight excluding hydrogens is 480 g/mol. The topological polar surface area (TPSA) is 134 Å². The van der Waals surface area contributed by atoms with E-state index < -0.39 is 22.3 Å². The molecule has 0 bridgehead atoms. The van der Waals surface area contributed by atoms with Gasteiger partial charge in [-0.3, -0.25) is 0 Å². The summed E-state index contributed by atoms with van der Waals surface area (Å²) in [6.07, 6.45) is 1.16. The van der Waals surface area contributed by atoms with Crippen LogP contribution in [0.2, 0.25) is 0 Å². The van der Waals surface area contributed by atoms with Crippen molar-refractivity contribution >= 4 is 49.3 Å². The van der Waals surface area contributed by atoms with Crippen molar-refractivity contribution in [2.75, 3.05) is 32.1 Å². The number of imidazole rings is 1. The molecular formula is C21H24N6O5S2. The van der Waals surface area contributed by atoms with Gasteiger partial charge in [-0.25, -0.2) is 14.3 Å². The molecule has 34 heavy (non-hydrogen) atoms. The molecule has 0 amide bonds. The fourth-order valence-corrected chi connectivity index (χ4v) is 5.50. The molecule has 1 aromatic carbocycles. The van der Waals surface area contributed by atoms with Crippen LogP contribution >= 0.6 is 11.3 Å². The van der Waals surface area contributed by atoms with Gasteiger partial charge in [0, 0.05) is 44.3 Å². The van der Waals surface area contributed by atoms with Crippen molar-refractivity contribution < 1.29 is 17.9 Å². The lowest BCUT2D eigenvalue weighted by Crippen LogP contribution is -2.21. The average molecular weight is 505 g/mol. The third-order valence-corrected chi connectivity index (χ3v) is 7.65. The van der Waals surface area contributed by atoms with Crippen LogP contribution in [0.4, 0.5) is 5.69 Å². The first-order chi connectivity index (χ1) is 16.2. The van der Waals surface area contributed by atoms with Gasteiger partial charge in [0.1, 0.15) is 17.6 Å². The first-order valence-electron chi connectivity index (χ1n) is 10.5. The zero-order valence-corrected chi connectivity index (χ0v) is 20.7. The standard InChI is InChI=1S/C21H24N6O5S2/c1-5-26(6-2)14-8-7-13-9-15(19(29)32-17(13)10-14)18-16(11-28)27-20(23-18)33-21(24-27)34(30,31)22-12-25(3)4/h7-10,12,28H,5-6,11H2,1-4H3/b22-12+. The van der Waals surface area contributed by atoms with Crippen molar-refractivity contribution in [3.8, 4) is 11.3 Å². The summed E-state index contributed by atoms with van der Waals surface area (Å²) in [5.41, 5.74) is 1.28. The lowest BCUT2D eigenvalue weighted by molar-refractivity contribution is 0.274. The van der Waals surface area contributed by atoms with Crippen LogP contribution in [0, 0.1) is 0 Å². The average Bonchev–Trinajstić information content (AvgIpc) is 3.36. The first kappa shape index (κ1) is 23.9. The highest BCUT2D eigenvalue weighted by molar-refractivity contribution is 7.92. The number of hydrogen-bond donors (Lipinski definition) is 1. The second-order valence-corrected chi connectivity index (χ2v) is 10.4. The fourth-order valence-electron chi connectivity index (χ4n) is 3.49. The summed E-state index contributed by atoms with van der Waals surface area (Å²) in [5, 5.41) is 14.8. The number of benzene rings is 1. The van der Waals surface area contributed by atoms with E-state index in [1.54, 1.807) is 20.2 Å². The smallest absolute Gasteiger partial charge is 0.345 e. The van der Waals surface area contributed by atoms with E-state index in [2.05, 4.69) is 19.4 Å². The van der Waals surface area contributed by atoms with Crippen molar-refractivity contribution in [3.05, 3.63) is 40.4 Å². The van der Waals surface area contributed by atoms with Gasteiger partial charge in [-0.15, -0.1) is 9.50 Å². The quantitative estimate of drug-likeness (QED) is 0.218. The van der Waals surface area contributed by atoms with Gasteiger partial charge in [0.15, 0.2) is 0 Å². The van der Waals surface area contributed by atoms with Crippen LogP contribution in [0.1, 0.15) is 19.5 Å². The molecule has 0 saturated carbocycles. The number of rotatable bonds is 8. The van der Waals surface area contributed by atoms with E-state index in [1.165, 1.54) is 9.42 Å². The van der Waals surface area contributed by atoms with Crippen LogP contribution in [0.5, 0.6) is 0 Å². The Hall–Kier alpha value is -3.29. The second-order valence-electron chi connectivity index (χ2n) is 7.63. The summed E-state index contributed by atoms with van der Waals surface area (Å²) in [6.45, 7) is 5.22. The Morgan fingerprint density at radius 2 is 1.97 bits per heavy atom. The predicted octanol–water partition coefficient (Wildman–Crippen LogP) is 2.18. The Kier molecular flexibility index (Phi) is 6.43. The second kappa shape index (κ2) is 9.16. The minimum absolute atomic E-state index is 0.153. The van der Waals surface area contributed by atoms with Gasteiger partial charge >= 0.3 is 15.6 Å². The minimum atomic E-state index is -4.03. The van der Waals surface area contributed by atoms with Gasteiger partial charge in [0.2, 0.25) is 4.96 Å². The fraction of sp³-hybridized carbons (Fsp3) is 0.333. The normalized spacial score (nSPS) is 12.3. The third-order valence-electron chi connectivity index (χ3n) is 5.17. The van der Waals surface area contributed by atoms with E-state index in [4.69, 9.17) is 4.42 Å². The number of hydrogen-bond acceptors (Lipinski definition) is 9. The highest BCUT2D eigenvalue weighted by Crippen LogP contribution is 2.30. The molecule has 0 unspecified atom stereocenters. The number of nitrogens with zero attached hydrogens (tertiary/aromatic N) is 6. The summed E-state index contributed by atoms with van der Waals surface area (Å²) in [4.78, 5) is 21.1. The predicted molar refractivity (Wildman–Crippen MR) is 131 cm³/mol. The molecule has 180 valence electrons. The van der Waals surface area contributed by atoms with Gasteiger partial charge in [0.25, 0.3) is 4.34 Å². The molecule has 1 N–H and O–H groups in total. The van der Waals surface area contributed by atoms with Gasteiger partial charge in [-0.05, 0) is 32.0 Å². The molecule has 0 saturated heterocycles. The van der Waals surface area contributed by atoms with Gasteiger partial charge < -0.3 is 19.3 Å². The van der Waals surface area contributed by atoms with Crippen molar-refractivity contribution in [1.29, 1.82) is 0 Å². The number of anilines is 1. The molecule has 0 atom stereocenters. The van der Waals surface area contributed by atoms with Crippen LogP contribution in [-0.2, 0) is 16.6 Å². The van der Waals surface area contributed by atoms with Crippen molar-refractivity contribution in [1.82, 2.24) is 19.5 Å². The third kappa shape index (κ3) is 4.29. The summed E-state index contributed by atoms with van der Waals surface area (Å²) in [6, 6.07) is 7.28. The molecule has 13 heteroatoms. The van der Waals surface area contributed by atoms with E-state index in [9.17, 15) is 18.3 Å². The van der Waals surface area contributed by atoms with Gasteiger partial charge in [-0.2, -0.15) is 8.42 Å². The Labute approximate surface area is 199 Å². The van der Waals surface area contributed by atoms with E-state index in [1.807, 2.05) is 32.0 Å². The molecule has 0 aliphatic carbocycles. The lowest BCUT2D eigenvalue weighted by atomic mass is 10.1. The van der Waals surface area contributed by atoms with Crippen molar-refractivity contribution in [2.24, 2.45) is 4.40 Å². The Morgan fingerprint density at radius 3 is 2.62 bits per heavy atom. The monoisotopic (exact) mass is 504 g/mol. The summed E-state index contributed by atoms with van der Waals surface area (Å²) in [5.74, 6) is 0. The Bertz CT molecular complexity index is 1550. The number of fused-ring (bicyclic) bond motifs is 2. The van der Waals surface area contributed by atoms with Crippen LogP contribution in [0.3, 0.4) is 0 Å². The van der Waals surface area contributed by atoms with Crippen LogP contribution in [-0.4, -0.2) is 66.5 Å². The van der Waals surface area contributed by atoms with E-state index in [0.29, 0.717) is 11.0 Å². The molecule has 0 fully saturated rings. The summed E-state index contributed by atoms with van der Waals surface area (Å²) >= 11 is 0.792. The maximum Gasteiger partial charge on any atom is 0.345 e. The largest absolute Gasteiger partial charge is 0.422 e. The molecule has 0 aliphatic rings. The van der Waals surface area contributed by atoms with Crippen LogP contribution in [0.15, 0.2) is 42.2 Å². The number of aliphatic hydroxyl groups excluding tert-OH is 1. The Balaban J connectivity index is 1.81. The molecule has 0 spiro atoms. The van der Waals surface area contributed by atoms with Crippen LogP contribution < -0.4 is 10.5 Å². The number of sulfonamides is 1. The Morgan fingerprint density at radius 1 is 1.24 bits per heavy atom. The highest BCUT2D eigenvalue weighted by Gasteiger charge is 2.25. The van der Waals surface area contributed by atoms with E-state index in [-0.39, 0.29) is 26.3 Å². The lowest BCUT2D eigenvalue weighted by Gasteiger charge is -2.21. The molecule has 0 radical (unpaired) electrons.